The normalized spacial score (nSPS) is 21.3. The summed E-state index contributed by atoms with van der Waals surface area (Å²) in [5.41, 5.74) is -7.07. The number of ether oxygens (including phenoxy) is 1. The minimum absolute atomic E-state index is 0.111. The molecule has 7 nitrogen and oxygen atoms in total. The van der Waals surface area contributed by atoms with E-state index in [1.807, 2.05) is 6.08 Å². The highest BCUT2D eigenvalue weighted by atomic mass is 32.3. The van der Waals surface area contributed by atoms with Gasteiger partial charge in [-0.3, -0.25) is 0 Å². The summed E-state index contributed by atoms with van der Waals surface area (Å²) >= 11 is 0. The summed E-state index contributed by atoms with van der Waals surface area (Å²) in [6.07, 6.45) is 6.54. The molecule has 1 aliphatic carbocycles. The van der Waals surface area contributed by atoms with E-state index < -0.39 is 65.4 Å². The van der Waals surface area contributed by atoms with Crippen LogP contribution in [0.4, 0.5) is 32.0 Å². The maximum absolute atomic E-state index is 15.6. The lowest BCUT2D eigenvalue weighted by Gasteiger charge is -2.32. The highest BCUT2D eigenvalue weighted by Gasteiger charge is 2.42. The van der Waals surface area contributed by atoms with Crippen molar-refractivity contribution in [3.05, 3.63) is 33.7 Å². The summed E-state index contributed by atoms with van der Waals surface area (Å²) in [6.45, 7) is 0.222. The van der Waals surface area contributed by atoms with Crippen LogP contribution in [0, 0.1) is 17.5 Å². The number of allylic oxidation sites excluding steroid dienone is 2. The number of hydrogen-bond acceptors (Lipinski definition) is 6. The third-order valence-electron chi connectivity index (χ3n) is 5.64. The number of anilines is 1. The summed E-state index contributed by atoms with van der Waals surface area (Å²) in [7, 11) is -12.8. The molecule has 3 rings (SSSR count). The minimum atomic E-state index is -6.69. The molecule has 0 amide bonds. The van der Waals surface area contributed by atoms with Crippen LogP contribution in [0.3, 0.4) is 0 Å². The van der Waals surface area contributed by atoms with Crippen molar-refractivity contribution in [1.29, 1.82) is 0 Å². The second-order valence-corrected chi connectivity index (χ2v) is 11.6. The van der Waals surface area contributed by atoms with Crippen molar-refractivity contribution < 1.29 is 47.9 Å². The largest absolute Gasteiger partial charge is 0.486 e. The van der Waals surface area contributed by atoms with Crippen molar-refractivity contribution >= 4 is 25.7 Å². The number of nitrogens with zero attached hydrogens (tertiary/aromatic N) is 2. The molecule has 0 aromatic heterocycles. The van der Waals surface area contributed by atoms with E-state index in [4.69, 9.17) is 4.74 Å². The molecule has 1 heterocycles. The number of sulfonamides is 2. The van der Waals surface area contributed by atoms with Crippen LogP contribution < -0.4 is 9.64 Å². The van der Waals surface area contributed by atoms with Gasteiger partial charge in [-0.25, -0.2) is 30.0 Å². The van der Waals surface area contributed by atoms with E-state index in [0.717, 1.165) is 11.3 Å². The van der Waals surface area contributed by atoms with Gasteiger partial charge in [-0.15, -0.1) is 0 Å². The third-order valence-corrected chi connectivity index (χ3v) is 8.67. The van der Waals surface area contributed by atoms with E-state index in [9.17, 15) is 34.4 Å². The number of halogens is 6. The molecule has 0 N–H and O–H groups in total. The van der Waals surface area contributed by atoms with Crippen molar-refractivity contribution in [2.24, 2.45) is 0 Å². The molecule has 0 spiro atoms. The zero-order valence-corrected chi connectivity index (χ0v) is 20.0. The Morgan fingerprint density at radius 2 is 1.49 bits per heavy atom. The molecule has 0 radical (unpaired) electrons. The van der Waals surface area contributed by atoms with Gasteiger partial charge in [0.25, 0.3) is 0 Å². The molecule has 1 aromatic carbocycles. The molecule has 0 saturated carbocycles. The standard InChI is InChI=1S/C20H23F6N2O5S2/c21-14-15(22)19(34(29,30)27-35(31,32)20(24,25)26)18(33-13-9-5-2-1-3-6-10-13)16(23)17(14)28-11-7-4-8-12-28/h1-2,13H,3-12H2/q-1/b2-1-. The molecule has 1 aliphatic heterocycles. The predicted octanol–water partition coefficient (Wildman–Crippen LogP) is 5.27. The topological polar surface area (TPSA) is 94.8 Å². The Morgan fingerprint density at radius 1 is 0.857 bits per heavy atom. The fourth-order valence-electron chi connectivity index (χ4n) is 3.96. The van der Waals surface area contributed by atoms with Crippen molar-refractivity contribution in [1.82, 2.24) is 0 Å². The van der Waals surface area contributed by atoms with Crippen molar-refractivity contribution in [3.8, 4) is 5.75 Å². The quantitative estimate of drug-likeness (QED) is 0.273. The number of benzene rings is 1. The Kier molecular flexibility index (Phi) is 8.31. The highest BCUT2D eigenvalue weighted by Crippen LogP contribution is 2.44. The Hall–Kier alpha value is -2.00. The zero-order valence-electron chi connectivity index (χ0n) is 18.3. The van der Waals surface area contributed by atoms with Gasteiger partial charge in [0.2, 0.25) is 0 Å². The summed E-state index contributed by atoms with van der Waals surface area (Å²) < 4.78 is 139. The van der Waals surface area contributed by atoms with E-state index in [1.165, 1.54) is 0 Å². The van der Waals surface area contributed by atoms with E-state index in [0.29, 0.717) is 32.1 Å². The summed E-state index contributed by atoms with van der Waals surface area (Å²) in [4.78, 5) is -0.885. The van der Waals surface area contributed by atoms with Gasteiger partial charge in [-0.2, -0.15) is 13.2 Å². The van der Waals surface area contributed by atoms with Gasteiger partial charge < -0.3 is 13.8 Å². The first-order valence-corrected chi connectivity index (χ1v) is 13.7. The predicted molar refractivity (Wildman–Crippen MR) is 115 cm³/mol. The fourth-order valence-corrected chi connectivity index (χ4v) is 6.31. The molecule has 2 aliphatic rings. The van der Waals surface area contributed by atoms with Crippen molar-refractivity contribution in [2.75, 3.05) is 18.0 Å². The molecule has 1 atom stereocenters. The van der Waals surface area contributed by atoms with Gasteiger partial charge >= 0.3 is 5.51 Å². The fraction of sp³-hybridized carbons (Fsp3) is 0.600. The Balaban J connectivity index is 2.18. The molecule has 0 bridgehead atoms. The summed E-state index contributed by atoms with van der Waals surface area (Å²) in [5, 5.41) is 0. The molecular weight excluding hydrogens is 526 g/mol. The van der Waals surface area contributed by atoms with Crippen LogP contribution in [0.5, 0.6) is 5.75 Å². The smallest absolute Gasteiger partial charge is 0.480 e. The number of rotatable bonds is 6. The Morgan fingerprint density at radius 3 is 2.11 bits per heavy atom. The Labute approximate surface area is 199 Å². The minimum Gasteiger partial charge on any atom is -0.486 e. The van der Waals surface area contributed by atoms with Crippen molar-refractivity contribution in [2.45, 2.75) is 67.9 Å². The van der Waals surface area contributed by atoms with Crippen LogP contribution in [0.1, 0.15) is 51.4 Å². The van der Waals surface area contributed by atoms with Crippen LogP contribution >= 0.6 is 0 Å². The molecule has 1 unspecified atom stereocenters. The average molecular weight is 550 g/mol. The van der Waals surface area contributed by atoms with Crippen LogP contribution in [0.15, 0.2) is 17.0 Å². The van der Waals surface area contributed by atoms with Gasteiger partial charge in [-0.1, -0.05) is 12.2 Å². The van der Waals surface area contributed by atoms with Crippen LogP contribution in [-0.2, 0) is 20.0 Å². The summed E-state index contributed by atoms with van der Waals surface area (Å²) in [6, 6.07) is 0. The van der Waals surface area contributed by atoms with E-state index >= 15 is 8.78 Å². The molecular formula is C20H23F6N2O5S2-. The number of piperidine rings is 1. The maximum atomic E-state index is 15.6. The monoisotopic (exact) mass is 549 g/mol. The van der Waals surface area contributed by atoms with Gasteiger partial charge in [0.05, 0.1) is 6.10 Å². The number of hydrogen-bond donors (Lipinski definition) is 0. The van der Waals surface area contributed by atoms with Crippen molar-refractivity contribution in [3.63, 3.8) is 0 Å². The third kappa shape index (κ3) is 6.05. The van der Waals surface area contributed by atoms with Gasteiger partial charge in [0, 0.05) is 13.1 Å². The lowest BCUT2D eigenvalue weighted by Crippen LogP contribution is -2.32. The Bertz CT molecular complexity index is 1180. The molecule has 1 fully saturated rings. The van der Waals surface area contributed by atoms with Gasteiger partial charge in [0.1, 0.15) is 20.6 Å². The second kappa shape index (κ2) is 10.5. The first kappa shape index (κ1) is 27.6. The second-order valence-electron chi connectivity index (χ2n) is 8.19. The first-order valence-electron chi connectivity index (χ1n) is 10.8. The van der Waals surface area contributed by atoms with Crippen LogP contribution in [0.25, 0.3) is 4.13 Å². The number of alkyl halides is 3. The van der Waals surface area contributed by atoms with Crippen LogP contribution in [-0.4, -0.2) is 41.5 Å². The van der Waals surface area contributed by atoms with E-state index in [1.54, 1.807) is 10.2 Å². The average Bonchev–Trinajstić information content (AvgIpc) is 2.72. The molecule has 35 heavy (non-hydrogen) atoms. The lowest BCUT2D eigenvalue weighted by atomic mass is 10.0. The molecule has 1 saturated heterocycles. The van der Waals surface area contributed by atoms with Gasteiger partial charge in [0.15, 0.2) is 33.2 Å². The van der Waals surface area contributed by atoms with Gasteiger partial charge in [-0.05, 0) is 51.4 Å². The van der Waals surface area contributed by atoms with Crippen LogP contribution in [0.2, 0.25) is 0 Å². The summed E-state index contributed by atoms with van der Waals surface area (Å²) in [5.74, 6) is -7.30. The highest BCUT2D eigenvalue weighted by molar-refractivity contribution is 8.12. The SMILES string of the molecule is O=S(=O)([N-]S(=O)(=O)C(F)(F)F)c1c(F)c(F)c(N2CCCCC2)c(F)c1OC1CC/C=C\CCC1. The lowest BCUT2D eigenvalue weighted by molar-refractivity contribution is -0.0425. The van der Waals surface area contributed by atoms with E-state index in [2.05, 4.69) is 0 Å². The molecule has 15 heteroatoms. The first-order chi connectivity index (χ1) is 16.3. The maximum Gasteiger partial charge on any atom is 0.480 e. The zero-order chi connectivity index (χ0) is 26.0. The molecule has 1 aromatic rings. The molecule has 198 valence electrons. The van der Waals surface area contributed by atoms with E-state index in [-0.39, 0.29) is 25.9 Å².